The molecule has 15 heavy (non-hydrogen) atoms. The Morgan fingerprint density at radius 1 is 1.00 bits per heavy atom. The summed E-state index contributed by atoms with van der Waals surface area (Å²) in [6.07, 6.45) is -7.70. The van der Waals surface area contributed by atoms with Crippen molar-refractivity contribution in [1.29, 1.82) is 0 Å². The molecule has 0 radical (unpaired) electrons. The van der Waals surface area contributed by atoms with E-state index in [4.69, 9.17) is 5.11 Å². The van der Waals surface area contributed by atoms with E-state index >= 15 is 0 Å². The molecule has 0 spiro atoms. The van der Waals surface area contributed by atoms with Gasteiger partial charge >= 0.3 is 5.97 Å². The van der Waals surface area contributed by atoms with E-state index < -0.39 is 42.4 Å². The van der Waals surface area contributed by atoms with E-state index in [9.17, 15) is 25.2 Å². The highest BCUT2D eigenvalue weighted by Gasteiger charge is 2.52. The van der Waals surface area contributed by atoms with Crippen molar-refractivity contribution in [1.82, 2.24) is 0 Å². The van der Waals surface area contributed by atoms with Gasteiger partial charge in [-0.1, -0.05) is 0 Å². The number of rotatable bonds is 2. The van der Waals surface area contributed by atoms with Crippen LogP contribution < -0.4 is 0 Å². The van der Waals surface area contributed by atoms with Crippen LogP contribution in [0.1, 0.15) is 0 Å². The zero-order valence-electron chi connectivity index (χ0n) is 8.02. The molecule has 0 aromatic carbocycles. The lowest BCUT2D eigenvalue weighted by Gasteiger charge is -2.41. The first-order valence-corrected chi connectivity index (χ1v) is 4.39. The fourth-order valence-corrected chi connectivity index (χ4v) is 1.79. The van der Waals surface area contributed by atoms with Crippen molar-refractivity contribution in [3.63, 3.8) is 0 Å². The van der Waals surface area contributed by atoms with Gasteiger partial charge in [0, 0.05) is 7.11 Å². The molecule has 0 aliphatic heterocycles. The summed E-state index contributed by atoms with van der Waals surface area (Å²) in [6, 6.07) is 0. The molecule has 88 valence electrons. The average molecular weight is 222 g/mol. The number of ether oxygens (including phenoxy) is 1. The summed E-state index contributed by atoms with van der Waals surface area (Å²) < 4.78 is 4.68. The maximum Gasteiger partial charge on any atom is 0.312 e. The van der Waals surface area contributed by atoms with Crippen LogP contribution in [-0.4, -0.2) is 69.1 Å². The monoisotopic (exact) mass is 222 g/mol. The van der Waals surface area contributed by atoms with Crippen LogP contribution >= 0.6 is 0 Å². The van der Waals surface area contributed by atoms with E-state index in [-0.39, 0.29) is 0 Å². The number of carboxylic acids is 1. The van der Waals surface area contributed by atoms with Crippen LogP contribution in [0, 0.1) is 5.92 Å². The van der Waals surface area contributed by atoms with Crippen molar-refractivity contribution in [3.05, 3.63) is 0 Å². The van der Waals surface area contributed by atoms with Gasteiger partial charge in [-0.15, -0.1) is 0 Å². The maximum absolute atomic E-state index is 10.7. The SMILES string of the molecule is CO[C@H]1C(O)[C@@H](C(=O)O)[C@H](O)[C@@H](O)[C@@H]1O. The Hall–Kier alpha value is -0.730. The summed E-state index contributed by atoms with van der Waals surface area (Å²) in [5.41, 5.74) is 0. The number of methoxy groups -OCH3 is 1. The maximum atomic E-state index is 10.7. The third-order valence-electron chi connectivity index (χ3n) is 2.67. The Labute approximate surface area is 85.5 Å². The number of hydrogen-bond donors (Lipinski definition) is 5. The highest BCUT2D eigenvalue weighted by molar-refractivity contribution is 5.72. The number of aliphatic hydroxyl groups is 4. The first-order chi connectivity index (χ1) is 6.91. The molecule has 5 N–H and O–H groups in total. The number of carbonyl (C=O) groups is 1. The third kappa shape index (κ3) is 1.97. The van der Waals surface area contributed by atoms with Crippen molar-refractivity contribution >= 4 is 5.97 Å². The number of carboxylic acid groups (broad SMARTS) is 1. The Kier molecular flexibility index (Phi) is 3.63. The van der Waals surface area contributed by atoms with Gasteiger partial charge in [-0.2, -0.15) is 0 Å². The van der Waals surface area contributed by atoms with Gasteiger partial charge in [-0.3, -0.25) is 4.79 Å². The molecule has 1 aliphatic rings. The highest BCUT2D eigenvalue weighted by Crippen LogP contribution is 2.28. The smallest absolute Gasteiger partial charge is 0.312 e. The lowest BCUT2D eigenvalue weighted by molar-refractivity contribution is -0.217. The van der Waals surface area contributed by atoms with Crippen LogP contribution in [0.15, 0.2) is 0 Å². The van der Waals surface area contributed by atoms with E-state index in [1.54, 1.807) is 0 Å². The van der Waals surface area contributed by atoms with Crippen LogP contribution in [0.25, 0.3) is 0 Å². The molecule has 1 rings (SSSR count). The molecular weight excluding hydrogens is 208 g/mol. The zero-order chi connectivity index (χ0) is 11.7. The fraction of sp³-hybridized carbons (Fsp3) is 0.875. The molecule has 0 aromatic heterocycles. The number of aliphatic hydroxyl groups excluding tert-OH is 4. The highest BCUT2D eigenvalue weighted by atomic mass is 16.5. The van der Waals surface area contributed by atoms with E-state index in [1.807, 2.05) is 0 Å². The second-order valence-electron chi connectivity index (χ2n) is 3.53. The van der Waals surface area contributed by atoms with Gasteiger partial charge < -0.3 is 30.3 Å². The Bertz CT molecular complexity index is 243. The van der Waals surface area contributed by atoms with Gasteiger partial charge in [-0.25, -0.2) is 0 Å². The van der Waals surface area contributed by atoms with Crippen molar-refractivity contribution in [2.75, 3.05) is 7.11 Å². The van der Waals surface area contributed by atoms with Gasteiger partial charge in [-0.05, 0) is 0 Å². The second-order valence-corrected chi connectivity index (χ2v) is 3.53. The normalized spacial score (nSPS) is 46.5. The van der Waals surface area contributed by atoms with Crippen LogP contribution in [0.3, 0.4) is 0 Å². The number of hydrogen-bond acceptors (Lipinski definition) is 6. The lowest BCUT2D eigenvalue weighted by atomic mass is 9.78. The largest absolute Gasteiger partial charge is 0.481 e. The molecule has 0 heterocycles. The van der Waals surface area contributed by atoms with E-state index in [0.29, 0.717) is 0 Å². The molecule has 0 aromatic rings. The van der Waals surface area contributed by atoms with Crippen LogP contribution in [0.4, 0.5) is 0 Å². The van der Waals surface area contributed by atoms with Crippen molar-refractivity contribution < 1.29 is 35.1 Å². The summed E-state index contributed by atoms with van der Waals surface area (Å²) in [4.78, 5) is 10.7. The molecule has 0 amide bonds. The van der Waals surface area contributed by atoms with Crippen molar-refractivity contribution in [2.24, 2.45) is 5.92 Å². The summed E-state index contributed by atoms with van der Waals surface area (Å²) in [5, 5.41) is 46.3. The summed E-state index contributed by atoms with van der Waals surface area (Å²) in [7, 11) is 1.17. The molecule has 1 fully saturated rings. The van der Waals surface area contributed by atoms with E-state index in [1.165, 1.54) is 7.11 Å². The Balaban J connectivity index is 2.95. The van der Waals surface area contributed by atoms with Gasteiger partial charge in [0.15, 0.2) is 0 Å². The molecule has 7 nitrogen and oxygen atoms in total. The molecule has 1 unspecified atom stereocenters. The average Bonchev–Trinajstić information content (AvgIpc) is 2.15. The van der Waals surface area contributed by atoms with Gasteiger partial charge in [0.05, 0.1) is 12.2 Å². The first-order valence-electron chi connectivity index (χ1n) is 4.39. The minimum Gasteiger partial charge on any atom is -0.481 e. The molecule has 7 heteroatoms. The van der Waals surface area contributed by atoms with Gasteiger partial charge in [0.1, 0.15) is 24.2 Å². The molecule has 6 atom stereocenters. The summed E-state index contributed by atoms with van der Waals surface area (Å²) in [6.45, 7) is 0. The Morgan fingerprint density at radius 3 is 1.93 bits per heavy atom. The van der Waals surface area contributed by atoms with Crippen LogP contribution in [0.5, 0.6) is 0 Å². The van der Waals surface area contributed by atoms with E-state index in [0.717, 1.165) is 0 Å². The molecular formula is C8H14O7. The summed E-state index contributed by atoms with van der Waals surface area (Å²) >= 11 is 0. The quantitative estimate of drug-likeness (QED) is 0.340. The second kappa shape index (κ2) is 4.42. The molecule has 1 aliphatic carbocycles. The lowest BCUT2D eigenvalue weighted by Crippen LogP contribution is -2.63. The van der Waals surface area contributed by atoms with Gasteiger partial charge in [0.25, 0.3) is 0 Å². The third-order valence-corrected chi connectivity index (χ3v) is 2.67. The van der Waals surface area contributed by atoms with Crippen LogP contribution in [0.2, 0.25) is 0 Å². The Morgan fingerprint density at radius 2 is 1.53 bits per heavy atom. The fourth-order valence-electron chi connectivity index (χ4n) is 1.79. The predicted molar refractivity (Wildman–Crippen MR) is 46.0 cm³/mol. The predicted octanol–water partition coefficient (Wildman–Crippen LogP) is -2.84. The zero-order valence-corrected chi connectivity index (χ0v) is 8.02. The standard InChI is InChI=1S/C8H14O7/c1-15-7-4(10)2(8(13)14)3(9)5(11)6(7)12/h2-7,9-12H,1H3,(H,13,14)/t2-,3-,4?,5+,6-,7-/m0/s1. The topological polar surface area (TPSA) is 127 Å². The minimum absolute atomic E-state index is 1.17. The molecule has 0 saturated heterocycles. The van der Waals surface area contributed by atoms with Crippen molar-refractivity contribution in [3.8, 4) is 0 Å². The molecule has 1 saturated carbocycles. The minimum atomic E-state index is -1.72. The summed E-state index contributed by atoms with van der Waals surface area (Å²) in [5.74, 6) is -3.03. The van der Waals surface area contributed by atoms with Gasteiger partial charge in [0.2, 0.25) is 0 Å². The first kappa shape index (κ1) is 12.3. The number of aliphatic carboxylic acids is 1. The van der Waals surface area contributed by atoms with Crippen molar-refractivity contribution in [2.45, 2.75) is 30.5 Å². The van der Waals surface area contributed by atoms with Crippen LogP contribution in [-0.2, 0) is 9.53 Å². The van der Waals surface area contributed by atoms with E-state index in [2.05, 4.69) is 4.74 Å². The molecule has 0 bridgehead atoms.